The van der Waals surface area contributed by atoms with Crippen molar-refractivity contribution >= 4 is 16.9 Å². The van der Waals surface area contributed by atoms with Gasteiger partial charge in [-0.15, -0.1) is 5.10 Å². The van der Waals surface area contributed by atoms with Gasteiger partial charge in [-0.3, -0.25) is 4.79 Å². The largest absolute Gasteiger partial charge is 0.459 e. The van der Waals surface area contributed by atoms with E-state index in [4.69, 9.17) is 8.94 Å². The molecule has 1 aliphatic carbocycles. The highest BCUT2D eigenvalue weighted by molar-refractivity contribution is 5.91. The highest BCUT2D eigenvalue weighted by Crippen LogP contribution is 2.32. The van der Waals surface area contributed by atoms with E-state index in [2.05, 4.69) is 25.8 Å². The summed E-state index contributed by atoms with van der Waals surface area (Å²) in [5, 5.41) is 15.8. The van der Waals surface area contributed by atoms with Crippen LogP contribution in [0.2, 0.25) is 0 Å². The number of hydrogen-bond acceptors (Lipinski definition) is 7. The molecule has 1 atom stereocenters. The van der Waals surface area contributed by atoms with Gasteiger partial charge in [0.2, 0.25) is 11.7 Å². The summed E-state index contributed by atoms with van der Waals surface area (Å²) in [4.78, 5) is 17.0. The average molecular weight is 420 g/mol. The van der Waals surface area contributed by atoms with E-state index in [0.29, 0.717) is 17.8 Å². The molecule has 1 amide bonds. The Labute approximate surface area is 178 Å². The zero-order valence-electron chi connectivity index (χ0n) is 17.5. The Bertz CT molecular complexity index is 1190. The van der Waals surface area contributed by atoms with Crippen LogP contribution in [-0.4, -0.2) is 31.0 Å². The minimum absolute atomic E-state index is 0.0426. The lowest BCUT2D eigenvalue weighted by Crippen LogP contribution is -2.31. The van der Waals surface area contributed by atoms with Crippen LogP contribution in [0.1, 0.15) is 68.1 Å². The summed E-state index contributed by atoms with van der Waals surface area (Å²) in [5.74, 6) is 0.750. The number of nitrogens with one attached hydrogen (secondary N) is 1. The number of amides is 1. The molecule has 0 radical (unpaired) electrons. The van der Waals surface area contributed by atoms with Crippen molar-refractivity contribution < 1.29 is 13.7 Å². The third-order valence-corrected chi connectivity index (χ3v) is 5.81. The van der Waals surface area contributed by atoms with Gasteiger partial charge in [-0.2, -0.15) is 4.98 Å². The van der Waals surface area contributed by atoms with Gasteiger partial charge in [0.15, 0.2) is 5.76 Å². The van der Waals surface area contributed by atoms with Gasteiger partial charge in [0.25, 0.3) is 5.91 Å². The Morgan fingerprint density at radius 3 is 2.81 bits per heavy atom. The lowest BCUT2D eigenvalue weighted by atomic mass is 10.0. The van der Waals surface area contributed by atoms with E-state index in [0.717, 1.165) is 29.4 Å². The molecule has 0 saturated heterocycles. The van der Waals surface area contributed by atoms with Gasteiger partial charge in [-0.25, -0.2) is 4.68 Å². The molecule has 0 aliphatic heterocycles. The molecule has 31 heavy (non-hydrogen) atoms. The normalized spacial score (nSPS) is 15.7. The summed E-state index contributed by atoms with van der Waals surface area (Å²) in [6, 6.07) is 9.16. The molecule has 4 aromatic rings. The number of aromatic nitrogens is 5. The number of furan rings is 1. The molecule has 1 saturated carbocycles. The second-order valence-electron chi connectivity index (χ2n) is 8.30. The molecule has 160 valence electrons. The van der Waals surface area contributed by atoms with E-state index in [-0.39, 0.29) is 17.6 Å². The molecule has 3 aromatic heterocycles. The molecule has 1 N–H and O–H groups in total. The van der Waals surface area contributed by atoms with Gasteiger partial charge in [0.05, 0.1) is 17.8 Å². The van der Waals surface area contributed by atoms with Gasteiger partial charge >= 0.3 is 0 Å². The lowest BCUT2D eigenvalue weighted by Gasteiger charge is -2.17. The lowest BCUT2D eigenvalue weighted by molar-refractivity contribution is 0.0885. The quantitative estimate of drug-likeness (QED) is 0.494. The highest BCUT2D eigenvalue weighted by atomic mass is 16.5. The summed E-state index contributed by atoms with van der Waals surface area (Å²) in [6.07, 6.45) is 6.24. The first kappa shape index (κ1) is 19.5. The van der Waals surface area contributed by atoms with Gasteiger partial charge in [-0.05, 0) is 49.1 Å². The first-order valence-corrected chi connectivity index (χ1v) is 10.6. The SMILES string of the molecule is CC(C)C(NC(=O)c1ccco1)c1nc(-c2ccc3c(c2)nnn3C2CCCC2)no1. The second-order valence-corrected chi connectivity index (χ2v) is 8.30. The predicted molar refractivity (Wildman–Crippen MR) is 112 cm³/mol. The third kappa shape index (κ3) is 3.71. The first-order valence-electron chi connectivity index (χ1n) is 10.6. The minimum Gasteiger partial charge on any atom is -0.459 e. The monoisotopic (exact) mass is 420 g/mol. The van der Waals surface area contributed by atoms with Crippen LogP contribution in [0, 0.1) is 5.92 Å². The maximum absolute atomic E-state index is 12.4. The highest BCUT2D eigenvalue weighted by Gasteiger charge is 2.26. The third-order valence-electron chi connectivity index (χ3n) is 5.81. The molecule has 1 fully saturated rings. The summed E-state index contributed by atoms with van der Waals surface area (Å²) in [6.45, 7) is 3.95. The molecule has 1 aromatic carbocycles. The van der Waals surface area contributed by atoms with E-state index >= 15 is 0 Å². The molecular formula is C22H24N6O3. The molecule has 1 aliphatic rings. The van der Waals surface area contributed by atoms with Crippen LogP contribution < -0.4 is 5.32 Å². The van der Waals surface area contributed by atoms with Crippen molar-refractivity contribution in [2.45, 2.75) is 51.6 Å². The molecule has 1 unspecified atom stereocenters. The van der Waals surface area contributed by atoms with Crippen LogP contribution in [0.3, 0.4) is 0 Å². The summed E-state index contributed by atoms with van der Waals surface area (Å²) >= 11 is 0. The Hall–Kier alpha value is -3.49. The van der Waals surface area contributed by atoms with Gasteiger partial charge in [-0.1, -0.05) is 37.1 Å². The standard InChI is InChI=1S/C22H24N6O3/c1-13(2)19(23-21(29)18-8-5-11-30-18)22-24-20(26-31-22)14-9-10-17-16(12-14)25-27-28(17)15-6-3-4-7-15/h5,8-13,15,19H,3-4,6-7H2,1-2H3,(H,23,29). The first-order chi connectivity index (χ1) is 15.1. The van der Waals surface area contributed by atoms with Crippen LogP contribution in [0.15, 0.2) is 45.5 Å². The second kappa shape index (κ2) is 7.98. The van der Waals surface area contributed by atoms with Crippen LogP contribution in [0.25, 0.3) is 22.4 Å². The molecule has 9 heteroatoms. The molecular weight excluding hydrogens is 396 g/mol. The number of nitrogens with zero attached hydrogens (tertiary/aromatic N) is 5. The van der Waals surface area contributed by atoms with Crippen LogP contribution in [-0.2, 0) is 0 Å². The molecule has 3 heterocycles. The number of fused-ring (bicyclic) bond motifs is 1. The van der Waals surface area contributed by atoms with Crippen molar-refractivity contribution in [3.63, 3.8) is 0 Å². The Kier molecular flexibility index (Phi) is 5.01. The zero-order valence-corrected chi connectivity index (χ0v) is 17.5. The fraction of sp³-hybridized carbons (Fsp3) is 0.409. The maximum atomic E-state index is 12.4. The van der Waals surface area contributed by atoms with E-state index in [1.165, 1.54) is 19.1 Å². The van der Waals surface area contributed by atoms with Crippen molar-refractivity contribution in [2.75, 3.05) is 0 Å². The summed E-state index contributed by atoms with van der Waals surface area (Å²) in [5.41, 5.74) is 2.62. The summed E-state index contributed by atoms with van der Waals surface area (Å²) in [7, 11) is 0. The van der Waals surface area contributed by atoms with Crippen molar-refractivity contribution in [1.29, 1.82) is 0 Å². The number of rotatable bonds is 6. The molecule has 0 bridgehead atoms. The van der Waals surface area contributed by atoms with Crippen LogP contribution in [0.5, 0.6) is 0 Å². The van der Waals surface area contributed by atoms with E-state index in [1.807, 2.05) is 36.7 Å². The van der Waals surface area contributed by atoms with E-state index < -0.39 is 6.04 Å². The van der Waals surface area contributed by atoms with Gasteiger partial charge in [0.1, 0.15) is 11.6 Å². The molecule has 5 rings (SSSR count). The van der Waals surface area contributed by atoms with E-state index in [9.17, 15) is 4.79 Å². The Morgan fingerprint density at radius 1 is 1.23 bits per heavy atom. The van der Waals surface area contributed by atoms with Crippen molar-refractivity contribution in [1.82, 2.24) is 30.5 Å². The number of hydrogen-bond donors (Lipinski definition) is 1. The minimum atomic E-state index is -0.439. The average Bonchev–Trinajstić information content (AvgIpc) is 3.55. The zero-order chi connectivity index (χ0) is 21.4. The van der Waals surface area contributed by atoms with Crippen molar-refractivity contribution in [3.05, 3.63) is 48.2 Å². The Balaban J connectivity index is 1.39. The van der Waals surface area contributed by atoms with Gasteiger partial charge in [0, 0.05) is 5.56 Å². The van der Waals surface area contributed by atoms with Crippen molar-refractivity contribution in [3.8, 4) is 11.4 Å². The predicted octanol–water partition coefficient (Wildman–Crippen LogP) is 4.32. The fourth-order valence-corrected chi connectivity index (χ4v) is 4.11. The maximum Gasteiger partial charge on any atom is 0.287 e. The van der Waals surface area contributed by atoms with Crippen molar-refractivity contribution in [2.24, 2.45) is 5.92 Å². The fourth-order valence-electron chi connectivity index (χ4n) is 4.11. The number of carbonyl (C=O) groups is 1. The Morgan fingerprint density at radius 2 is 2.06 bits per heavy atom. The van der Waals surface area contributed by atoms with Gasteiger partial charge < -0.3 is 14.3 Å². The van der Waals surface area contributed by atoms with Crippen LogP contribution in [0.4, 0.5) is 0 Å². The topological polar surface area (TPSA) is 112 Å². The van der Waals surface area contributed by atoms with E-state index in [1.54, 1.807) is 12.1 Å². The summed E-state index contributed by atoms with van der Waals surface area (Å²) < 4.78 is 12.7. The molecule has 9 nitrogen and oxygen atoms in total. The number of benzene rings is 1. The smallest absolute Gasteiger partial charge is 0.287 e. The molecule has 0 spiro atoms. The number of carbonyl (C=O) groups excluding carboxylic acids is 1. The van der Waals surface area contributed by atoms with Crippen LogP contribution >= 0.6 is 0 Å².